The third-order valence-corrected chi connectivity index (χ3v) is 5.70. The topological polar surface area (TPSA) is 64.4 Å². The molecule has 156 valence electrons. The lowest BCUT2D eigenvalue weighted by Crippen LogP contribution is -2.25. The lowest BCUT2D eigenvalue weighted by Gasteiger charge is -2.18. The molecule has 2 heterocycles. The van der Waals surface area contributed by atoms with E-state index in [-0.39, 0.29) is 30.4 Å². The number of nitrogens with zero attached hydrogens (tertiary/aromatic N) is 3. The predicted octanol–water partition coefficient (Wildman–Crippen LogP) is 4.47. The molecule has 3 aromatic rings. The monoisotopic (exact) mass is 425 g/mol. The maximum absolute atomic E-state index is 12.8. The number of aromatic nitrogens is 2. The van der Waals surface area contributed by atoms with Gasteiger partial charge >= 0.3 is 5.97 Å². The van der Waals surface area contributed by atoms with E-state index in [9.17, 15) is 9.59 Å². The second kappa shape index (κ2) is 8.11. The number of carbonyl (C=O) groups excluding carboxylic acids is 2. The molecule has 0 radical (unpaired) electrons. The summed E-state index contributed by atoms with van der Waals surface area (Å²) in [5.41, 5.74) is 3.40. The Hall–Kier alpha value is -2.86. The molecule has 1 atom stereocenters. The van der Waals surface area contributed by atoms with Crippen LogP contribution in [0, 0.1) is 6.92 Å². The Kier molecular flexibility index (Phi) is 5.52. The smallest absolute Gasteiger partial charge is 0.326 e. The van der Waals surface area contributed by atoms with Crippen LogP contribution in [-0.2, 0) is 20.9 Å². The maximum Gasteiger partial charge on any atom is 0.326 e. The number of aryl methyl sites for hydroxylation is 1. The molecule has 0 spiro atoms. The first-order chi connectivity index (χ1) is 14.3. The number of halogens is 1. The minimum absolute atomic E-state index is 0.0169. The number of rotatable bonds is 5. The number of anilines is 1. The minimum Gasteiger partial charge on any atom is -0.462 e. The van der Waals surface area contributed by atoms with Crippen LogP contribution in [0.2, 0.25) is 5.02 Å². The second-order valence-corrected chi connectivity index (χ2v) is 8.33. The van der Waals surface area contributed by atoms with Crippen LogP contribution >= 0.6 is 11.6 Å². The molecule has 0 aliphatic carbocycles. The number of imidazole rings is 1. The summed E-state index contributed by atoms with van der Waals surface area (Å²) in [4.78, 5) is 31.7. The Labute approximate surface area is 180 Å². The van der Waals surface area contributed by atoms with E-state index < -0.39 is 0 Å². The minimum atomic E-state index is -0.319. The van der Waals surface area contributed by atoms with Crippen molar-refractivity contribution in [3.8, 4) is 0 Å². The van der Waals surface area contributed by atoms with E-state index in [4.69, 9.17) is 21.3 Å². The van der Waals surface area contributed by atoms with Crippen molar-refractivity contribution in [2.24, 2.45) is 0 Å². The fraction of sp³-hybridized carbons (Fsp3) is 0.348. The van der Waals surface area contributed by atoms with E-state index >= 15 is 0 Å². The summed E-state index contributed by atoms with van der Waals surface area (Å²) in [6, 6.07) is 13.3. The summed E-state index contributed by atoms with van der Waals surface area (Å²) < 4.78 is 7.23. The van der Waals surface area contributed by atoms with Gasteiger partial charge in [0.15, 0.2) is 0 Å². The summed E-state index contributed by atoms with van der Waals surface area (Å²) in [7, 11) is 0. The molecule has 0 bridgehead atoms. The molecule has 30 heavy (non-hydrogen) atoms. The van der Waals surface area contributed by atoms with E-state index in [0.717, 1.165) is 28.1 Å². The van der Waals surface area contributed by atoms with Gasteiger partial charge in [0, 0.05) is 29.6 Å². The van der Waals surface area contributed by atoms with Gasteiger partial charge in [-0.05, 0) is 50.6 Å². The highest BCUT2D eigenvalue weighted by molar-refractivity contribution is 6.31. The lowest BCUT2D eigenvalue weighted by molar-refractivity contribution is -0.148. The van der Waals surface area contributed by atoms with Crippen molar-refractivity contribution in [3.63, 3.8) is 0 Å². The molecule has 1 amide bonds. The van der Waals surface area contributed by atoms with Crippen molar-refractivity contribution < 1.29 is 14.3 Å². The number of benzene rings is 2. The quantitative estimate of drug-likeness (QED) is 0.566. The van der Waals surface area contributed by atoms with Gasteiger partial charge in [-0.1, -0.05) is 29.8 Å². The van der Waals surface area contributed by atoms with Crippen LogP contribution in [0.15, 0.2) is 42.5 Å². The fourth-order valence-electron chi connectivity index (χ4n) is 3.88. The first-order valence-corrected chi connectivity index (χ1v) is 10.4. The molecule has 4 rings (SSSR count). The van der Waals surface area contributed by atoms with Crippen LogP contribution in [-0.4, -0.2) is 34.1 Å². The number of ether oxygens (including phenoxy) is 1. The number of esters is 1. The van der Waals surface area contributed by atoms with E-state index in [1.165, 1.54) is 0 Å². The highest BCUT2D eigenvalue weighted by atomic mass is 35.5. The normalized spacial score (nSPS) is 16.6. The lowest BCUT2D eigenvalue weighted by atomic mass is 10.1. The Morgan fingerprint density at radius 2 is 2.03 bits per heavy atom. The summed E-state index contributed by atoms with van der Waals surface area (Å²) in [5, 5.41) is 0.632. The summed E-state index contributed by atoms with van der Waals surface area (Å²) in [6.07, 6.45) is 0.138. The van der Waals surface area contributed by atoms with Crippen molar-refractivity contribution in [2.45, 2.75) is 45.8 Å². The van der Waals surface area contributed by atoms with Gasteiger partial charge in [0.1, 0.15) is 12.4 Å². The van der Waals surface area contributed by atoms with E-state index in [2.05, 4.69) is 0 Å². The zero-order valence-electron chi connectivity index (χ0n) is 17.3. The Balaban J connectivity index is 1.67. The SMILES string of the molecule is Cc1ccc(N2C[C@H](c3nc4ccccc4n3CC(=O)OC(C)C)CC2=O)cc1Cl. The number of hydrogen-bond donors (Lipinski definition) is 0. The Morgan fingerprint density at radius 1 is 1.27 bits per heavy atom. The second-order valence-electron chi connectivity index (χ2n) is 7.92. The maximum atomic E-state index is 12.8. The molecule has 1 saturated heterocycles. The molecular formula is C23H24ClN3O3. The van der Waals surface area contributed by atoms with E-state index in [1.807, 2.05) is 67.8 Å². The number of fused-ring (bicyclic) bond motifs is 1. The highest BCUT2D eigenvalue weighted by Gasteiger charge is 2.35. The molecule has 2 aromatic carbocycles. The number of amides is 1. The molecule has 1 fully saturated rings. The molecule has 7 heteroatoms. The predicted molar refractivity (Wildman–Crippen MR) is 117 cm³/mol. The van der Waals surface area contributed by atoms with Gasteiger partial charge in [-0.2, -0.15) is 0 Å². The van der Waals surface area contributed by atoms with E-state index in [0.29, 0.717) is 18.0 Å². The highest BCUT2D eigenvalue weighted by Crippen LogP contribution is 2.34. The van der Waals surface area contributed by atoms with Crippen LogP contribution in [0.1, 0.15) is 37.6 Å². The van der Waals surface area contributed by atoms with Crippen LogP contribution in [0.25, 0.3) is 11.0 Å². The Bertz CT molecular complexity index is 1120. The van der Waals surface area contributed by atoms with Crippen LogP contribution < -0.4 is 4.90 Å². The van der Waals surface area contributed by atoms with Gasteiger partial charge in [-0.25, -0.2) is 4.98 Å². The molecule has 1 aliphatic heterocycles. The average Bonchev–Trinajstić information content (AvgIpc) is 3.24. The van der Waals surface area contributed by atoms with Crippen molar-refractivity contribution in [1.29, 1.82) is 0 Å². The summed E-state index contributed by atoms with van der Waals surface area (Å²) >= 11 is 6.26. The number of carbonyl (C=O) groups is 2. The molecule has 1 aliphatic rings. The molecule has 6 nitrogen and oxygen atoms in total. The number of hydrogen-bond acceptors (Lipinski definition) is 4. The van der Waals surface area contributed by atoms with Crippen molar-refractivity contribution in [1.82, 2.24) is 9.55 Å². The van der Waals surface area contributed by atoms with Crippen molar-refractivity contribution in [3.05, 3.63) is 58.9 Å². The number of para-hydroxylation sites is 2. The third-order valence-electron chi connectivity index (χ3n) is 5.30. The van der Waals surface area contributed by atoms with Gasteiger partial charge < -0.3 is 14.2 Å². The van der Waals surface area contributed by atoms with Gasteiger partial charge in [0.2, 0.25) is 5.91 Å². The van der Waals surface area contributed by atoms with Gasteiger partial charge in [-0.3, -0.25) is 9.59 Å². The first-order valence-electron chi connectivity index (χ1n) is 10.0. The van der Waals surface area contributed by atoms with Crippen LogP contribution in [0.3, 0.4) is 0 Å². The fourth-order valence-corrected chi connectivity index (χ4v) is 4.06. The van der Waals surface area contributed by atoms with Crippen LogP contribution in [0.5, 0.6) is 0 Å². The summed E-state index contributed by atoms with van der Waals surface area (Å²) in [6.45, 7) is 6.13. The standard InChI is InChI=1S/C23H24ClN3O3/c1-14(2)30-22(29)13-27-20-7-5-4-6-19(20)25-23(27)16-10-21(28)26(12-16)17-9-8-15(3)18(24)11-17/h4-9,11,14,16H,10,12-13H2,1-3H3/t16-/m1/s1. The Morgan fingerprint density at radius 3 is 2.77 bits per heavy atom. The largest absolute Gasteiger partial charge is 0.462 e. The molecule has 0 saturated carbocycles. The summed E-state index contributed by atoms with van der Waals surface area (Å²) in [5.74, 6) is 0.298. The molecule has 0 N–H and O–H groups in total. The van der Waals surface area contributed by atoms with Gasteiger partial charge in [0.05, 0.1) is 17.1 Å². The zero-order chi connectivity index (χ0) is 21.4. The van der Waals surface area contributed by atoms with Crippen molar-refractivity contribution >= 4 is 40.2 Å². The first kappa shape index (κ1) is 20.4. The molecular weight excluding hydrogens is 402 g/mol. The van der Waals surface area contributed by atoms with Gasteiger partial charge in [-0.15, -0.1) is 0 Å². The molecule has 0 unspecified atom stereocenters. The van der Waals surface area contributed by atoms with Gasteiger partial charge in [0.25, 0.3) is 0 Å². The zero-order valence-corrected chi connectivity index (χ0v) is 18.0. The van der Waals surface area contributed by atoms with Crippen LogP contribution in [0.4, 0.5) is 5.69 Å². The average molecular weight is 426 g/mol. The van der Waals surface area contributed by atoms with E-state index in [1.54, 1.807) is 4.90 Å². The molecule has 1 aromatic heterocycles. The van der Waals surface area contributed by atoms with Crippen molar-refractivity contribution in [2.75, 3.05) is 11.4 Å². The third kappa shape index (κ3) is 3.92.